The van der Waals surface area contributed by atoms with Crippen molar-refractivity contribution in [2.24, 2.45) is 0 Å². The van der Waals surface area contributed by atoms with Gasteiger partial charge in [0.05, 0.1) is 6.04 Å². The SMILES string of the molecule is Cc1ccc([C@@H](CNC(=O)c2cc(-c3ccc(Cl)cc3)on2)N2CCCC2)o1. The van der Waals surface area contributed by atoms with Crippen LogP contribution in [0, 0.1) is 6.92 Å². The molecule has 0 unspecified atom stereocenters. The fourth-order valence-electron chi connectivity index (χ4n) is 3.51. The van der Waals surface area contributed by atoms with Crippen LogP contribution in [0.15, 0.2) is 51.4 Å². The molecule has 1 amide bonds. The number of rotatable bonds is 6. The highest BCUT2D eigenvalue weighted by molar-refractivity contribution is 6.30. The molecule has 6 nitrogen and oxygen atoms in total. The summed E-state index contributed by atoms with van der Waals surface area (Å²) in [6.07, 6.45) is 2.33. The minimum absolute atomic E-state index is 0.0165. The Morgan fingerprint density at radius 2 is 1.96 bits per heavy atom. The molecule has 3 heterocycles. The number of hydrogen-bond acceptors (Lipinski definition) is 5. The summed E-state index contributed by atoms with van der Waals surface area (Å²) in [5.74, 6) is 2.01. The molecule has 1 fully saturated rings. The van der Waals surface area contributed by atoms with Crippen molar-refractivity contribution in [1.82, 2.24) is 15.4 Å². The van der Waals surface area contributed by atoms with E-state index in [9.17, 15) is 4.79 Å². The lowest BCUT2D eigenvalue weighted by molar-refractivity contribution is 0.0924. The van der Waals surface area contributed by atoms with E-state index in [0.29, 0.717) is 17.3 Å². The Balaban J connectivity index is 1.44. The first kappa shape index (κ1) is 18.8. The van der Waals surface area contributed by atoms with E-state index in [-0.39, 0.29) is 17.6 Å². The van der Waals surface area contributed by atoms with E-state index in [1.165, 1.54) is 0 Å². The predicted molar refractivity (Wildman–Crippen MR) is 106 cm³/mol. The van der Waals surface area contributed by atoms with Crippen molar-refractivity contribution in [2.45, 2.75) is 25.8 Å². The molecule has 7 heteroatoms. The first-order valence-electron chi connectivity index (χ1n) is 9.41. The summed E-state index contributed by atoms with van der Waals surface area (Å²) >= 11 is 5.91. The number of aromatic nitrogens is 1. The van der Waals surface area contributed by atoms with Gasteiger partial charge in [0.1, 0.15) is 11.5 Å². The maximum Gasteiger partial charge on any atom is 0.273 e. The fraction of sp³-hybridized carbons (Fsp3) is 0.333. The van der Waals surface area contributed by atoms with Crippen LogP contribution in [-0.4, -0.2) is 35.6 Å². The van der Waals surface area contributed by atoms with Gasteiger partial charge in [0, 0.05) is 23.2 Å². The summed E-state index contributed by atoms with van der Waals surface area (Å²) in [6.45, 7) is 4.39. The highest BCUT2D eigenvalue weighted by Crippen LogP contribution is 2.26. The second-order valence-corrected chi connectivity index (χ2v) is 7.44. The number of furan rings is 1. The Morgan fingerprint density at radius 1 is 1.21 bits per heavy atom. The van der Waals surface area contributed by atoms with Gasteiger partial charge in [-0.3, -0.25) is 9.69 Å². The highest BCUT2D eigenvalue weighted by Gasteiger charge is 2.27. The summed E-state index contributed by atoms with van der Waals surface area (Å²) in [6, 6.07) is 12.8. The summed E-state index contributed by atoms with van der Waals surface area (Å²) in [5.41, 5.74) is 1.07. The molecular weight excluding hydrogens is 378 g/mol. The van der Waals surface area contributed by atoms with Gasteiger partial charge >= 0.3 is 0 Å². The van der Waals surface area contributed by atoms with E-state index >= 15 is 0 Å². The van der Waals surface area contributed by atoms with Crippen molar-refractivity contribution in [3.8, 4) is 11.3 Å². The largest absolute Gasteiger partial charge is 0.465 e. The van der Waals surface area contributed by atoms with Crippen molar-refractivity contribution in [2.75, 3.05) is 19.6 Å². The smallest absolute Gasteiger partial charge is 0.273 e. The van der Waals surface area contributed by atoms with Crippen LogP contribution >= 0.6 is 11.6 Å². The number of hydrogen-bond donors (Lipinski definition) is 1. The number of halogens is 1. The minimum Gasteiger partial charge on any atom is -0.465 e. The van der Waals surface area contributed by atoms with Gasteiger partial charge in [-0.05, 0) is 69.3 Å². The number of aryl methyl sites for hydroxylation is 1. The summed E-state index contributed by atoms with van der Waals surface area (Å²) < 4.78 is 11.2. The molecule has 3 aromatic rings. The van der Waals surface area contributed by atoms with Gasteiger partial charge in [-0.15, -0.1) is 0 Å². The second-order valence-electron chi connectivity index (χ2n) is 7.00. The van der Waals surface area contributed by atoms with E-state index in [1.54, 1.807) is 18.2 Å². The standard InChI is InChI=1S/C21H22ClN3O3/c1-14-4-9-19(27-14)18(25-10-2-3-11-25)13-23-21(26)17-12-20(28-24-17)15-5-7-16(22)8-6-15/h4-9,12,18H,2-3,10-11,13H2,1H3,(H,23,26)/t18-/m1/s1. The minimum atomic E-state index is -0.267. The van der Waals surface area contributed by atoms with Crippen molar-refractivity contribution < 1.29 is 13.7 Å². The quantitative estimate of drug-likeness (QED) is 0.662. The second kappa shape index (κ2) is 8.20. The molecule has 1 saturated heterocycles. The maximum atomic E-state index is 12.6. The molecule has 0 radical (unpaired) electrons. The van der Waals surface area contributed by atoms with Gasteiger partial charge in [0.15, 0.2) is 11.5 Å². The lowest BCUT2D eigenvalue weighted by Crippen LogP contribution is -2.36. The van der Waals surface area contributed by atoms with E-state index in [2.05, 4.69) is 15.4 Å². The molecule has 1 atom stereocenters. The number of carbonyl (C=O) groups excluding carboxylic acids is 1. The van der Waals surface area contributed by atoms with E-state index in [0.717, 1.165) is 43.0 Å². The number of carbonyl (C=O) groups is 1. The van der Waals surface area contributed by atoms with Crippen LogP contribution in [-0.2, 0) is 0 Å². The molecule has 146 valence electrons. The van der Waals surface area contributed by atoms with Crippen molar-refractivity contribution >= 4 is 17.5 Å². The number of nitrogens with zero attached hydrogens (tertiary/aromatic N) is 2. The first-order valence-corrected chi connectivity index (χ1v) is 9.79. The van der Waals surface area contributed by atoms with Crippen LogP contribution in [0.3, 0.4) is 0 Å². The number of likely N-dealkylation sites (tertiary alicyclic amines) is 1. The first-order chi connectivity index (χ1) is 13.6. The molecule has 1 N–H and O–H groups in total. The highest BCUT2D eigenvalue weighted by atomic mass is 35.5. The van der Waals surface area contributed by atoms with Gasteiger partial charge in [0.25, 0.3) is 5.91 Å². The maximum absolute atomic E-state index is 12.6. The van der Waals surface area contributed by atoms with Crippen molar-refractivity contribution in [3.05, 3.63) is 64.7 Å². The third-order valence-electron chi connectivity index (χ3n) is 5.00. The zero-order valence-electron chi connectivity index (χ0n) is 15.7. The Kier molecular flexibility index (Phi) is 5.50. The molecule has 1 aromatic carbocycles. The topological polar surface area (TPSA) is 71.5 Å². The normalized spacial score (nSPS) is 15.6. The third-order valence-corrected chi connectivity index (χ3v) is 5.25. The Bertz CT molecular complexity index is 942. The summed E-state index contributed by atoms with van der Waals surface area (Å²) in [7, 11) is 0. The van der Waals surface area contributed by atoms with Crippen LogP contribution in [0.1, 0.15) is 40.9 Å². The molecule has 28 heavy (non-hydrogen) atoms. The van der Waals surface area contributed by atoms with Crippen LogP contribution in [0.5, 0.6) is 0 Å². The molecule has 0 aliphatic carbocycles. The average Bonchev–Trinajstić information content (AvgIpc) is 3.44. The van der Waals surface area contributed by atoms with Crippen molar-refractivity contribution in [3.63, 3.8) is 0 Å². The van der Waals surface area contributed by atoms with Crippen molar-refractivity contribution in [1.29, 1.82) is 0 Å². The lowest BCUT2D eigenvalue weighted by atomic mass is 10.1. The van der Waals surface area contributed by atoms with Crippen LogP contribution < -0.4 is 5.32 Å². The fourth-order valence-corrected chi connectivity index (χ4v) is 3.63. The van der Waals surface area contributed by atoms with Crippen LogP contribution in [0.4, 0.5) is 0 Å². The third kappa shape index (κ3) is 4.13. The van der Waals surface area contributed by atoms with E-state index in [4.69, 9.17) is 20.5 Å². The van der Waals surface area contributed by atoms with Gasteiger partial charge < -0.3 is 14.3 Å². The lowest BCUT2D eigenvalue weighted by Gasteiger charge is -2.25. The summed E-state index contributed by atoms with van der Waals surface area (Å²) in [4.78, 5) is 14.9. The Hall–Kier alpha value is -2.57. The van der Waals surface area contributed by atoms with Gasteiger partial charge in [0.2, 0.25) is 0 Å². The summed E-state index contributed by atoms with van der Waals surface area (Å²) in [5, 5.41) is 7.52. The van der Waals surface area contributed by atoms with Gasteiger partial charge in [-0.2, -0.15) is 0 Å². The molecule has 0 saturated carbocycles. The molecule has 1 aliphatic rings. The zero-order chi connectivity index (χ0) is 19.5. The van der Waals surface area contributed by atoms with Crippen LogP contribution in [0.2, 0.25) is 5.02 Å². The van der Waals surface area contributed by atoms with E-state index < -0.39 is 0 Å². The van der Waals surface area contributed by atoms with Gasteiger partial charge in [-0.25, -0.2) is 0 Å². The van der Waals surface area contributed by atoms with Crippen LogP contribution in [0.25, 0.3) is 11.3 Å². The molecule has 0 bridgehead atoms. The molecule has 0 spiro atoms. The molecule has 2 aromatic heterocycles. The molecular formula is C21H22ClN3O3. The number of benzene rings is 1. The van der Waals surface area contributed by atoms with E-state index in [1.807, 2.05) is 31.2 Å². The van der Waals surface area contributed by atoms with Gasteiger partial charge in [-0.1, -0.05) is 16.8 Å². The number of nitrogens with one attached hydrogen (secondary N) is 1. The zero-order valence-corrected chi connectivity index (χ0v) is 16.4. The molecule has 1 aliphatic heterocycles. The Labute approximate surface area is 168 Å². The predicted octanol–water partition coefficient (Wildman–Crippen LogP) is 4.46. The number of amides is 1. The molecule has 4 rings (SSSR count). The Morgan fingerprint density at radius 3 is 2.64 bits per heavy atom. The average molecular weight is 400 g/mol. The monoisotopic (exact) mass is 399 g/mol.